The summed E-state index contributed by atoms with van der Waals surface area (Å²) in [4.78, 5) is 19.0. The Bertz CT molecular complexity index is 794. The van der Waals surface area contributed by atoms with Crippen LogP contribution in [0.2, 0.25) is 0 Å². The first-order valence-corrected chi connectivity index (χ1v) is 10.3. The Hall–Kier alpha value is -2.57. The smallest absolute Gasteiger partial charge is 0.321 e. The van der Waals surface area contributed by atoms with Gasteiger partial charge in [-0.1, -0.05) is 17.3 Å². The molecule has 1 aromatic carbocycles. The van der Waals surface area contributed by atoms with Crippen molar-refractivity contribution in [1.82, 2.24) is 15.0 Å². The summed E-state index contributed by atoms with van der Waals surface area (Å²) in [6.07, 6.45) is 6.28. The molecule has 4 rings (SSSR count). The van der Waals surface area contributed by atoms with Crippen LogP contribution < -0.4 is 10.1 Å². The van der Waals surface area contributed by atoms with Crippen molar-refractivity contribution in [3.8, 4) is 5.75 Å². The van der Waals surface area contributed by atoms with Gasteiger partial charge in [0.1, 0.15) is 5.75 Å². The normalized spacial score (nSPS) is 17.5. The number of hydrogen-bond donors (Lipinski definition) is 1. The van der Waals surface area contributed by atoms with E-state index in [1.165, 1.54) is 12.8 Å². The Labute approximate surface area is 165 Å². The van der Waals surface area contributed by atoms with Crippen molar-refractivity contribution < 1.29 is 14.1 Å². The van der Waals surface area contributed by atoms with Crippen LogP contribution in [-0.2, 0) is 6.42 Å². The number of ether oxygens (including phenoxy) is 1. The number of urea groups is 1. The number of para-hydroxylation sites is 2. The zero-order valence-electron chi connectivity index (χ0n) is 16.4. The molecule has 7 nitrogen and oxygen atoms in total. The fourth-order valence-electron chi connectivity index (χ4n) is 3.67. The molecule has 0 atom stereocenters. The summed E-state index contributed by atoms with van der Waals surface area (Å²) in [6, 6.07) is 7.49. The first-order valence-electron chi connectivity index (χ1n) is 10.3. The average Bonchev–Trinajstić information content (AvgIpc) is 3.46. The predicted octanol–water partition coefficient (Wildman–Crippen LogP) is 4.22. The number of carbonyl (C=O) groups excluding carboxylic acids is 1. The fraction of sp³-hybridized carbons (Fsp3) is 0.571. The summed E-state index contributed by atoms with van der Waals surface area (Å²) < 4.78 is 10.9. The van der Waals surface area contributed by atoms with Crippen LogP contribution in [-0.4, -0.2) is 40.8 Å². The molecule has 1 saturated carbocycles. The standard InChI is InChI=1S/C21H28N4O3/c1-2-27-18-6-4-3-5-17(18)22-21(26)25-13-11-15(12-14-25)7-10-19-23-20(28-24-19)16-8-9-16/h3-6,15-16H,2,7-14H2,1H3,(H,22,26). The number of piperidine rings is 1. The number of nitrogens with zero attached hydrogens (tertiary/aromatic N) is 3. The second-order valence-corrected chi connectivity index (χ2v) is 7.65. The van der Waals surface area contributed by atoms with Crippen LogP contribution in [0, 0.1) is 5.92 Å². The number of hydrogen-bond acceptors (Lipinski definition) is 5. The molecule has 1 aliphatic heterocycles. The van der Waals surface area contributed by atoms with Crippen molar-refractivity contribution in [2.45, 2.75) is 51.4 Å². The molecule has 0 radical (unpaired) electrons. The molecule has 2 amide bonds. The first-order chi connectivity index (χ1) is 13.7. The van der Waals surface area contributed by atoms with E-state index in [1.54, 1.807) is 0 Å². The van der Waals surface area contributed by atoms with Gasteiger partial charge in [-0.25, -0.2) is 4.79 Å². The molecule has 1 saturated heterocycles. The molecular formula is C21H28N4O3. The first kappa shape index (κ1) is 18.8. The molecule has 0 spiro atoms. The number of anilines is 1. The topological polar surface area (TPSA) is 80.5 Å². The third-order valence-corrected chi connectivity index (χ3v) is 5.52. The van der Waals surface area contributed by atoms with E-state index in [0.717, 1.165) is 56.2 Å². The maximum absolute atomic E-state index is 12.6. The highest BCUT2D eigenvalue weighted by atomic mass is 16.5. The van der Waals surface area contributed by atoms with Gasteiger partial charge in [0.25, 0.3) is 0 Å². The zero-order chi connectivity index (χ0) is 19.3. The molecule has 28 heavy (non-hydrogen) atoms. The van der Waals surface area contributed by atoms with Crippen molar-refractivity contribution in [2.75, 3.05) is 25.0 Å². The minimum absolute atomic E-state index is 0.0575. The van der Waals surface area contributed by atoms with Gasteiger partial charge in [0.15, 0.2) is 5.82 Å². The minimum Gasteiger partial charge on any atom is -0.492 e. The lowest BCUT2D eigenvalue weighted by Gasteiger charge is -2.32. The lowest BCUT2D eigenvalue weighted by molar-refractivity contribution is 0.179. The average molecular weight is 384 g/mol. The Morgan fingerprint density at radius 2 is 2.04 bits per heavy atom. The van der Waals surface area contributed by atoms with Gasteiger partial charge in [-0.2, -0.15) is 4.98 Å². The van der Waals surface area contributed by atoms with Crippen LogP contribution in [0.3, 0.4) is 0 Å². The van der Waals surface area contributed by atoms with Gasteiger partial charge in [-0.15, -0.1) is 0 Å². The molecule has 1 aliphatic carbocycles. The Balaban J connectivity index is 1.22. The monoisotopic (exact) mass is 384 g/mol. The third-order valence-electron chi connectivity index (χ3n) is 5.52. The fourth-order valence-corrected chi connectivity index (χ4v) is 3.67. The zero-order valence-corrected chi connectivity index (χ0v) is 16.4. The number of aromatic nitrogens is 2. The molecule has 150 valence electrons. The number of nitrogens with one attached hydrogen (secondary N) is 1. The van der Waals surface area contributed by atoms with Gasteiger partial charge in [-0.3, -0.25) is 0 Å². The van der Waals surface area contributed by atoms with Crippen molar-refractivity contribution in [3.63, 3.8) is 0 Å². The van der Waals surface area contributed by atoms with Crippen molar-refractivity contribution in [3.05, 3.63) is 36.0 Å². The molecule has 2 aliphatic rings. The number of likely N-dealkylation sites (tertiary alicyclic amines) is 1. The highest BCUT2D eigenvalue weighted by Gasteiger charge is 2.30. The van der Waals surface area contributed by atoms with Gasteiger partial charge in [0, 0.05) is 25.4 Å². The van der Waals surface area contributed by atoms with E-state index in [-0.39, 0.29) is 6.03 Å². The van der Waals surface area contributed by atoms with E-state index in [1.807, 2.05) is 36.1 Å². The SMILES string of the molecule is CCOc1ccccc1NC(=O)N1CCC(CCc2noc(C3CC3)n2)CC1. The largest absolute Gasteiger partial charge is 0.492 e. The van der Waals surface area contributed by atoms with Gasteiger partial charge in [-0.05, 0) is 57.1 Å². The van der Waals surface area contributed by atoms with E-state index in [2.05, 4.69) is 15.5 Å². The van der Waals surface area contributed by atoms with Crippen LogP contribution >= 0.6 is 0 Å². The van der Waals surface area contributed by atoms with Gasteiger partial charge < -0.3 is 19.5 Å². The van der Waals surface area contributed by atoms with Crippen molar-refractivity contribution in [1.29, 1.82) is 0 Å². The van der Waals surface area contributed by atoms with E-state index in [9.17, 15) is 4.79 Å². The number of benzene rings is 1. The van der Waals surface area contributed by atoms with E-state index in [4.69, 9.17) is 9.26 Å². The highest BCUT2D eigenvalue weighted by Crippen LogP contribution is 2.39. The second-order valence-electron chi connectivity index (χ2n) is 7.65. The summed E-state index contributed by atoms with van der Waals surface area (Å²) >= 11 is 0. The van der Waals surface area contributed by atoms with Crippen LogP contribution in [0.4, 0.5) is 10.5 Å². The summed E-state index contributed by atoms with van der Waals surface area (Å²) in [5.41, 5.74) is 0.722. The third kappa shape index (κ3) is 4.64. The van der Waals surface area contributed by atoms with Gasteiger partial charge >= 0.3 is 6.03 Å². The van der Waals surface area contributed by atoms with Crippen LogP contribution in [0.25, 0.3) is 0 Å². The Kier molecular flexibility index (Phi) is 5.78. The molecule has 1 N–H and O–H groups in total. The van der Waals surface area contributed by atoms with Gasteiger partial charge in [0.2, 0.25) is 5.89 Å². The number of amides is 2. The Morgan fingerprint density at radius 3 is 2.79 bits per heavy atom. The number of rotatable bonds is 7. The molecule has 2 aromatic rings. The molecule has 2 fully saturated rings. The Morgan fingerprint density at radius 1 is 1.25 bits per heavy atom. The number of aryl methyl sites for hydroxylation is 1. The molecule has 0 unspecified atom stereocenters. The summed E-state index contributed by atoms with van der Waals surface area (Å²) in [6.45, 7) is 4.05. The lowest BCUT2D eigenvalue weighted by Crippen LogP contribution is -2.41. The van der Waals surface area contributed by atoms with Gasteiger partial charge in [0.05, 0.1) is 12.3 Å². The molecule has 7 heteroatoms. The molecule has 2 heterocycles. The lowest BCUT2D eigenvalue weighted by atomic mass is 9.92. The van der Waals surface area contributed by atoms with Crippen LogP contribution in [0.5, 0.6) is 5.75 Å². The molecular weight excluding hydrogens is 356 g/mol. The maximum Gasteiger partial charge on any atom is 0.321 e. The predicted molar refractivity (Wildman–Crippen MR) is 106 cm³/mol. The summed E-state index contributed by atoms with van der Waals surface area (Å²) in [5, 5.41) is 7.09. The maximum atomic E-state index is 12.6. The minimum atomic E-state index is -0.0575. The van der Waals surface area contributed by atoms with E-state index in [0.29, 0.717) is 24.2 Å². The summed E-state index contributed by atoms with van der Waals surface area (Å²) in [7, 11) is 0. The second kappa shape index (κ2) is 8.63. The highest BCUT2D eigenvalue weighted by molar-refractivity contribution is 5.91. The molecule has 1 aromatic heterocycles. The van der Waals surface area contributed by atoms with Crippen molar-refractivity contribution in [2.24, 2.45) is 5.92 Å². The summed E-state index contributed by atoms with van der Waals surface area (Å²) in [5.74, 6) is 3.46. The molecule has 0 bridgehead atoms. The van der Waals surface area contributed by atoms with Crippen LogP contribution in [0.15, 0.2) is 28.8 Å². The van der Waals surface area contributed by atoms with E-state index < -0.39 is 0 Å². The quantitative estimate of drug-likeness (QED) is 0.773. The van der Waals surface area contributed by atoms with E-state index >= 15 is 0 Å². The number of carbonyl (C=O) groups is 1. The van der Waals surface area contributed by atoms with Crippen molar-refractivity contribution >= 4 is 11.7 Å². The van der Waals surface area contributed by atoms with Crippen LogP contribution in [0.1, 0.15) is 56.7 Å².